The van der Waals surface area contributed by atoms with Gasteiger partial charge >= 0.3 is 0 Å². The molecule has 1 atom stereocenters. The molecule has 1 amide bonds. The first-order valence-electron chi connectivity index (χ1n) is 8.12. The van der Waals surface area contributed by atoms with Gasteiger partial charge in [0.2, 0.25) is 0 Å². The van der Waals surface area contributed by atoms with Crippen LogP contribution < -0.4 is 15.8 Å². The van der Waals surface area contributed by atoms with Crippen LogP contribution in [-0.2, 0) is 9.53 Å². The summed E-state index contributed by atoms with van der Waals surface area (Å²) in [5.41, 5.74) is 6.14. The third-order valence-corrected chi connectivity index (χ3v) is 3.83. The Morgan fingerprint density at radius 2 is 1.96 bits per heavy atom. The molecule has 0 aliphatic heterocycles. The van der Waals surface area contributed by atoms with Crippen molar-refractivity contribution in [3.05, 3.63) is 24.3 Å². The summed E-state index contributed by atoms with van der Waals surface area (Å²) in [6, 6.07) is 7.30. The van der Waals surface area contributed by atoms with Gasteiger partial charge in [-0.2, -0.15) is 0 Å². The van der Waals surface area contributed by atoms with E-state index >= 15 is 0 Å². The van der Waals surface area contributed by atoms with Gasteiger partial charge in [0.05, 0.1) is 6.10 Å². The van der Waals surface area contributed by atoms with Crippen molar-refractivity contribution in [3.63, 3.8) is 0 Å². The van der Waals surface area contributed by atoms with Crippen LogP contribution in [0, 0.1) is 0 Å². The van der Waals surface area contributed by atoms with Crippen molar-refractivity contribution in [3.8, 4) is 5.75 Å². The highest BCUT2D eigenvalue weighted by atomic mass is 35.5. The summed E-state index contributed by atoms with van der Waals surface area (Å²) in [7, 11) is 0. The summed E-state index contributed by atoms with van der Waals surface area (Å²) in [6.45, 7) is 2.94. The molecule has 130 valence electrons. The molecule has 3 N–H and O–H groups in total. The fourth-order valence-corrected chi connectivity index (χ4v) is 2.63. The molecular weight excluding hydrogens is 316 g/mol. The van der Waals surface area contributed by atoms with E-state index in [1.165, 1.54) is 12.8 Å². The first-order chi connectivity index (χ1) is 10.7. The largest absolute Gasteiger partial charge is 0.492 e. The summed E-state index contributed by atoms with van der Waals surface area (Å²) >= 11 is 0. The number of carbonyl (C=O) groups excluding carboxylic acids is 1. The molecule has 1 aliphatic rings. The third-order valence-electron chi connectivity index (χ3n) is 3.83. The summed E-state index contributed by atoms with van der Waals surface area (Å²) < 4.78 is 11.3. The number of halogens is 1. The average Bonchev–Trinajstić information content (AvgIpc) is 3.05. The molecule has 0 radical (unpaired) electrons. The van der Waals surface area contributed by atoms with E-state index in [1.807, 2.05) is 31.2 Å². The number of amides is 1. The lowest BCUT2D eigenvalue weighted by Gasteiger charge is -2.20. The van der Waals surface area contributed by atoms with E-state index in [9.17, 15) is 4.79 Å². The predicted octanol–water partition coefficient (Wildman–Crippen LogP) is 3.12. The van der Waals surface area contributed by atoms with Crippen LogP contribution in [-0.4, -0.2) is 31.3 Å². The molecule has 1 aromatic carbocycles. The number of carbonyl (C=O) groups is 1. The van der Waals surface area contributed by atoms with E-state index in [2.05, 4.69) is 5.32 Å². The first kappa shape index (κ1) is 19.7. The number of nitrogens with one attached hydrogen (secondary N) is 1. The van der Waals surface area contributed by atoms with E-state index in [4.69, 9.17) is 15.2 Å². The molecule has 0 saturated heterocycles. The Morgan fingerprint density at radius 3 is 2.52 bits per heavy atom. The van der Waals surface area contributed by atoms with E-state index in [-0.39, 0.29) is 30.5 Å². The van der Waals surface area contributed by atoms with Crippen molar-refractivity contribution in [2.75, 3.05) is 18.5 Å². The van der Waals surface area contributed by atoms with Gasteiger partial charge in [-0.25, -0.2) is 0 Å². The predicted molar refractivity (Wildman–Crippen MR) is 94.3 cm³/mol. The highest BCUT2D eigenvalue weighted by molar-refractivity contribution is 5.94. The number of rotatable bonds is 8. The molecule has 2 rings (SSSR count). The molecular formula is C17H27ClN2O3. The van der Waals surface area contributed by atoms with Gasteiger partial charge in [-0.3, -0.25) is 4.79 Å². The van der Waals surface area contributed by atoms with Crippen LogP contribution in [0.4, 0.5) is 5.69 Å². The molecule has 1 aromatic rings. The van der Waals surface area contributed by atoms with Gasteiger partial charge in [0, 0.05) is 12.2 Å². The third kappa shape index (κ3) is 6.37. The molecule has 0 heterocycles. The standard InChI is InChI=1S/C17H26N2O3.ClH/c1-2-16(22-15-5-3-4-6-15)17(20)19-13-7-9-14(10-8-13)21-12-11-18;/h7-10,15-16H,2-6,11-12,18H2,1H3,(H,19,20);1H. The zero-order valence-electron chi connectivity index (χ0n) is 13.6. The van der Waals surface area contributed by atoms with Crippen molar-refractivity contribution in [1.29, 1.82) is 0 Å². The van der Waals surface area contributed by atoms with Crippen molar-refractivity contribution < 1.29 is 14.3 Å². The van der Waals surface area contributed by atoms with Crippen molar-refractivity contribution in [2.24, 2.45) is 5.73 Å². The molecule has 1 saturated carbocycles. The fraction of sp³-hybridized carbons (Fsp3) is 0.588. The molecule has 1 fully saturated rings. The molecule has 23 heavy (non-hydrogen) atoms. The molecule has 0 bridgehead atoms. The van der Waals surface area contributed by atoms with Crippen LogP contribution in [0.2, 0.25) is 0 Å². The van der Waals surface area contributed by atoms with Gasteiger partial charge in [0.25, 0.3) is 5.91 Å². The zero-order valence-corrected chi connectivity index (χ0v) is 14.4. The van der Waals surface area contributed by atoms with Gasteiger partial charge in [-0.05, 0) is 43.5 Å². The Labute approximate surface area is 144 Å². The minimum absolute atomic E-state index is 0. The monoisotopic (exact) mass is 342 g/mol. The van der Waals surface area contributed by atoms with Crippen LogP contribution in [0.1, 0.15) is 39.0 Å². The van der Waals surface area contributed by atoms with E-state index in [0.717, 1.165) is 24.3 Å². The van der Waals surface area contributed by atoms with Gasteiger partial charge in [0.1, 0.15) is 18.5 Å². The number of benzene rings is 1. The molecule has 1 unspecified atom stereocenters. The Bertz CT molecular complexity index is 461. The SMILES string of the molecule is CCC(OC1CCCC1)C(=O)Nc1ccc(OCCN)cc1.Cl. The van der Waals surface area contributed by atoms with Crippen molar-refractivity contribution >= 4 is 24.0 Å². The summed E-state index contributed by atoms with van der Waals surface area (Å²) in [6.07, 6.45) is 5.08. The maximum absolute atomic E-state index is 12.3. The van der Waals surface area contributed by atoms with Gasteiger partial charge in [-0.1, -0.05) is 19.8 Å². The molecule has 6 heteroatoms. The van der Waals surface area contributed by atoms with Crippen LogP contribution in [0.25, 0.3) is 0 Å². The smallest absolute Gasteiger partial charge is 0.253 e. The molecule has 5 nitrogen and oxygen atoms in total. The number of hydrogen-bond acceptors (Lipinski definition) is 4. The topological polar surface area (TPSA) is 73.6 Å². The molecule has 0 aromatic heterocycles. The van der Waals surface area contributed by atoms with Crippen molar-refractivity contribution in [2.45, 2.75) is 51.2 Å². The lowest BCUT2D eigenvalue weighted by molar-refractivity contribution is -0.131. The average molecular weight is 343 g/mol. The summed E-state index contributed by atoms with van der Waals surface area (Å²) in [5, 5.41) is 2.91. The van der Waals surface area contributed by atoms with Gasteiger partial charge in [-0.15, -0.1) is 12.4 Å². The fourth-order valence-electron chi connectivity index (χ4n) is 2.63. The van der Waals surface area contributed by atoms with Crippen LogP contribution in [0.3, 0.4) is 0 Å². The number of nitrogens with two attached hydrogens (primary N) is 1. The number of ether oxygens (including phenoxy) is 2. The van der Waals surface area contributed by atoms with E-state index in [1.54, 1.807) is 0 Å². The van der Waals surface area contributed by atoms with Crippen molar-refractivity contribution in [1.82, 2.24) is 0 Å². The van der Waals surface area contributed by atoms with Crippen LogP contribution in [0.5, 0.6) is 5.75 Å². The summed E-state index contributed by atoms with van der Waals surface area (Å²) in [5.74, 6) is 0.669. The van der Waals surface area contributed by atoms with Crippen LogP contribution >= 0.6 is 12.4 Å². The second-order valence-electron chi connectivity index (χ2n) is 5.59. The maximum Gasteiger partial charge on any atom is 0.253 e. The first-order valence-corrected chi connectivity index (χ1v) is 8.12. The molecule has 1 aliphatic carbocycles. The maximum atomic E-state index is 12.3. The van der Waals surface area contributed by atoms with Gasteiger partial charge < -0.3 is 20.5 Å². The lowest BCUT2D eigenvalue weighted by Crippen LogP contribution is -2.32. The normalized spacial score (nSPS) is 15.7. The molecule has 0 spiro atoms. The van der Waals surface area contributed by atoms with Crippen LogP contribution in [0.15, 0.2) is 24.3 Å². The van der Waals surface area contributed by atoms with Gasteiger partial charge in [0.15, 0.2) is 0 Å². The Balaban J connectivity index is 0.00000264. The number of anilines is 1. The quantitative estimate of drug-likeness (QED) is 0.761. The highest BCUT2D eigenvalue weighted by Crippen LogP contribution is 2.23. The lowest BCUT2D eigenvalue weighted by atomic mass is 10.2. The Kier molecular flexibility index (Phi) is 8.99. The number of hydrogen-bond donors (Lipinski definition) is 2. The Morgan fingerprint density at radius 1 is 1.30 bits per heavy atom. The minimum Gasteiger partial charge on any atom is -0.492 e. The van der Waals surface area contributed by atoms with E-state index < -0.39 is 0 Å². The Hall–Kier alpha value is -1.30. The second-order valence-corrected chi connectivity index (χ2v) is 5.59. The minimum atomic E-state index is -0.378. The van der Waals surface area contributed by atoms with E-state index in [0.29, 0.717) is 19.6 Å². The summed E-state index contributed by atoms with van der Waals surface area (Å²) in [4.78, 5) is 12.3. The zero-order chi connectivity index (χ0) is 15.8. The highest BCUT2D eigenvalue weighted by Gasteiger charge is 2.24. The second kappa shape index (κ2) is 10.5.